The van der Waals surface area contributed by atoms with E-state index in [-0.39, 0.29) is 12.5 Å². The van der Waals surface area contributed by atoms with Crippen LogP contribution in [0.25, 0.3) is 0 Å². The lowest BCUT2D eigenvalue weighted by atomic mass is 10.1. The van der Waals surface area contributed by atoms with E-state index in [1.165, 1.54) is 5.56 Å². The van der Waals surface area contributed by atoms with Crippen LogP contribution >= 0.6 is 0 Å². The summed E-state index contributed by atoms with van der Waals surface area (Å²) < 4.78 is 5.12. The van der Waals surface area contributed by atoms with Gasteiger partial charge in [0.2, 0.25) is 5.91 Å². The fraction of sp³-hybridized carbons (Fsp3) is 0.278. The molecule has 0 aliphatic carbocycles. The molecule has 1 amide bonds. The smallest absolute Gasteiger partial charge is 0.224 e. The van der Waals surface area contributed by atoms with E-state index in [0.29, 0.717) is 6.42 Å². The van der Waals surface area contributed by atoms with E-state index < -0.39 is 0 Å². The fourth-order valence-corrected chi connectivity index (χ4v) is 2.22. The highest BCUT2D eigenvalue weighted by atomic mass is 16.5. The molecule has 2 N–H and O–H groups in total. The monoisotopic (exact) mass is 299 g/mol. The van der Waals surface area contributed by atoms with Crippen molar-refractivity contribution < 1.29 is 14.6 Å². The number of carbonyl (C=O) groups excluding carboxylic acids is 1. The van der Waals surface area contributed by atoms with E-state index in [1.54, 1.807) is 13.2 Å². The second kappa shape index (κ2) is 8.20. The van der Waals surface area contributed by atoms with Gasteiger partial charge in [0.15, 0.2) is 0 Å². The van der Waals surface area contributed by atoms with E-state index in [2.05, 4.69) is 5.32 Å². The van der Waals surface area contributed by atoms with Crippen LogP contribution in [-0.4, -0.2) is 18.1 Å². The minimum atomic E-state index is -0.0266. The minimum absolute atomic E-state index is 0.0106. The van der Waals surface area contributed by atoms with Crippen molar-refractivity contribution in [2.45, 2.75) is 25.9 Å². The average Bonchev–Trinajstić information content (AvgIpc) is 2.55. The normalized spacial score (nSPS) is 10.3. The van der Waals surface area contributed by atoms with E-state index in [0.717, 1.165) is 29.8 Å². The van der Waals surface area contributed by atoms with E-state index in [4.69, 9.17) is 9.84 Å². The van der Waals surface area contributed by atoms with Crippen molar-refractivity contribution in [1.29, 1.82) is 0 Å². The van der Waals surface area contributed by atoms with Crippen LogP contribution in [0.5, 0.6) is 5.75 Å². The lowest BCUT2D eigenvalue weighted by molar-refractivity contribution is -0.116. The Morgan fingerprint density at radius 1 is 1.14 bits per heavy atom. The van der Waals surface area contributed by atoms with Gasteiger partial charge in [0.05, 0.1) is 13.7 Å². The summed E-state index contributed by atoms with van der Waals surface area (Å²) in [5.41, 5.74) is 2.70. The van der Waals surface area contributed by atoms with Gasteiger partial charge in [0.25, 0.3) is 0 Å². The molecule has 4 heteroatoms. The number of carbonyl (C=O) groups is 1. The van der Waals surface area contributed by atoms with Crippen LogP contribution in [0.3, 0.4) is 0 Å². The average molecular weight is 299 g/mol. The first-order valence-corrected chi connectivity index (χ1v) is 7.34. The molecule has 0 atom stereocenters. The molecule has 22 heavy (non-hydrogen) atoms. The zero-order valence-electron chi connectivity index (χ0n) is 12.7. The molecule has 0 saturated heterocycles. The van der Waals surface area contributed by atoms with Crippen LogP contribution in [0.15, 0.2) is 48.5 Å². The number of hydrogen-bond donors (Lipinski definition) is 2. The summed E-state index contributed by atoms with van der Waals surface area (Å²) >= 11 is 0. The molecule has 0 spiro atoms. The molecule has 116 valence electrons. The van der Waals surface area contributed by atoms with Gasteiger partial charge >= 0.3 is 0 Å². The molecule has 2 aromatic carbocycles. The summed E-state index contributed by atoms with van der Waals surface area (Å²) in [5, 5.41) is 11.9. The second-order valence-corrected chi connectivity index (χ2v) is 5.11. The molecule has 0 saturated carbocycles. The molecule has 0 fully saturated rings. The van der Waals surface area contributed by atoms with Gasteiger partial charge in [-0.2, -0.15) is 0 Å². The van der Waals surface area contributed by atoms with Gasteiger partial charge in [-0.25, -0.2) is 0 Å². The molecule has 2 rings (SSSR count). The van der Waals surface area contributed by atoms with Gasteiger partial charge in [0.1, 0.15) is 5.75 Å². The van der Waals surface area contributed by atoms with Crippen molar-refractivity contribution in [2.24, 2.45) is 0 Å². The van der Waals surface area contributed by atoms with E-state index in [9.17, 15) is 4.79 Å². The summed E-state index contributed by atoms with van der Waals surface area (Å²) in [6.45, 7) is -0.0266. The van der Waals surface area contributed by atoms with Gasteiger partial charge in [-0.15, -0.1) is 0 Å². The molecule has 0 radical (unpaired) electrons. The van der Waals surface area contributed by atoms with E-state index >= 15 is 0 Å². The third-order valence-electron chi connectivity index (χ3n) is 3.42. The van der Waals surface area contributed by atoms with Crippen molar-refractivity contribution in [3.05, 3.63) is 59.7 Å². The molecule has 0 aliphatic heterocycles. The topological polar surface area (TPSA) is 58.6 Å². The van der Waals surface area contributed by atoms with Crippen molar-refractivity contribution in [2.75, 3.05) is 12.4 Å². The van der Waals surface area contributed by atoms with E-state index in [1.807, 2.05) is 42.5 Å². The lowest BCUT2D eigenvalue weighted by Gasteiger charge is -2.07. The number of aryl methyl sites for hydroxylation is 1. The number of ether oxygens (including phenoxy) is 1. The summed E-state index contributed by atoms with van der Waals surface area (Å²) in [4.78, 5) is 11.9. The minimum Gasteiger partial charge on any atom is -0.497 e. The molecule has 4 nitrogen and oxygen atoms in total. The number of nitrogens with one attached hydrogen (secondary N) is 1. The summed E-state index contributed by atoms with van der Waals surface area (Å²) in [5.74, 6) is 0.828. The van der Waals surface area contributed by atoms with Crippen LogP contribution < -0.4 is 10.1 Å². The van der Waals surface area contributed by atoms with Gasteiger partial charge in [-0.05, 0) is 48.2 Å². The number of anilines is 1. The summed E-state index contributed by atoms with van der Waals surface area (Å²) in [7, 11) is 1.64. The summed E-state index contributed by atoms with van der Waals surface area (Å²) in [6.07, 6.45) is 2.11. The van der Waals surface area contributed by atoms with Gasteiger partial charge in [0, 0.05) is 12.1 Å². The molecular weight excluding hydrogens is 278 g/mol. The number of methoxy groups -OCH3 is 1. The lowest BCUT2D eigenvalue weighted by Crippen LogP contribution is -2.11. The molecule has 0 aliphatic rings. The summed E-state index contributed by atoms with van der Waals surface area (Å²) in [6, 6.07) is 15.1. The molecule has 0 unspecified atom stereocenters. The number of hydrogen-bond acceptors (Lipinski definition) is 3. The Balaban J connectivity index is 1.77. The molecule has 2 aromatic rings. The first kappa shape index (κ1) is 16.0. The Hall–Kier alpha value is -2.33. The van der Waals surface area contributed by atoms with Crippen LogP contribution in [0.2, 0.25) is 0 Å². The van der Waals surface area contributed by atoms with Gasteiger partial charge in [-0.3, -0.25) is 4.79 Å². The van der Waals surface area contributed by atoms with Gasteiger partial charge < -0.3 is 15.2 Å². The number of amides is 1. The Kier molecular flexibility index (Phi) is 5.98. The number of rotatable bonds is 7. The zero-order valence-corrected chi connectivity index (χ0v) is 12.7. The largest absolute Gasteiger partial charge is 0.497 e. The highest BCUT2D eigenvalue weighted by Gasteiger charge is 2.03. The third kappa shape index (κ3) is 4.90. The molecule has 0 bridgehead atoms. The van der Waals surface area contributed by atoms with Gasteiger partial charge in [-0.1, -0.05) is 24.3 Å². The Labute approximate surface area is 130 Å². The molecule has 0 aromatic heterocycles. The molecular formula is C18H21NO3. The SMILES string of the molecule is COc1ccc(CCCC(=O)Nc2cccc(CO)c2)cc1. The van der Waals surface area contributed by atoms with Crippen molar-refractivity contribution >= 4 is 11.6 Å². The van der Waals surface area contributed by atoms with Crippen LogP contribution in [0, 0.1) is 0 Å². The van der Waals surface area contributed by atoms with Crippen LogP contribution in [0.1, 0.15) is 24.0 Å². The second-order valence-electron chi connectivity index (χ2n) is 5.11. The maximum atomic E-state index is 11.9. The third-order valence-corrected chi connectivity index (χ3v) is 3.42. The molecule has 0 heterocycles. The van der Waals surface area contributed by atoms with Crippen LogP contribution in [-0.2, 0) is 17.8 Å². The number of benzene rings is 2. The standard InChI is InChI=1S/C18H21NO3/c1-22-17-10-8-14(9-11-17)4-3-7-18(21)19-16-6-2-5-15(12-16)13-20/h2,5-6,8-12,20H,3-4,7,13H2,1H3,(H,19,21). The predicted molar refractivity (Wildman–Crippen MR) is 86.9 cm³/mol. The Bertz CT molecular complexity index is 608. The maximum Gasteiger partial charge on any atom is 0.224 e. The highest BCUT2D eigenvalue weighted by molar-refractivity contribution is 5.90. The van der Waals surface area contributed by atoms with Crippen LogP contribution in [0.4, 0.5) is 5.69 Å². The quantitative estimate of drug-likeness (QED) is 0.825. The first-order valence-electron chi connectivity index (χ1n) is 7.34. The Morgan fingerprint density at radius 2 is 1.91 bits per heavy atom. The van der Waals surface area contributed by atoms with Crippen molar-refractivity contribution in [1.82, 2.24) is 0 Å². The fourth-order valence-electron chi connectivity index (χ4n) is 2.22. The van der Waals surface area contributed by atoms with Crippen molar-refractivity contribution in [3.63, 3.8) is 0 Å². The zero-order chi connectivity index (χ0) is 15.8. The maximum absolute atomic E-state index is 11.9. The van der Waals surface area contributed by atoms with Crippen molar-refractivity contribution in [3.8, 4) is 5.75 Å². The highest BCUT2D eigenvalue weighted by Crippen LogP contribution is 2.14. The Morgan fingerprint density at radius 3 is 2.59 bits per heavy atom. The number of aliphatic hydroxyl groups is 1. The number of aliphatic hydroxyl groups excluding tert-OH is 1. The first-order chi connectivity index (χ1) is 10.7. The predicted octanol–water partition coefficient (Wildman–Crippen LogP) is 3.15.